The van der Waals surface area contributed by atoms with Crippen molar-refractivity contribution in [2.75, 3.05) is 0 Å². The van der Waals surface area contributed by atoms with Crippen LogP contribution in [0.5, 0.6) is 0 Å². The number of nitrogens with two attached hydrogens (primary N) is 1. The molecule has 2 aliphatic carbocycles. The zero-order valence-corrected chi connectivity index (χ0v) is 8.46. The van der Waals surface area contributed by atoms with Crippen LogP contribution in [0.3, 0.4) is 0 Å². The molecule has 0 aromatic rings. The third-order valence-electron chi connectivity index (χ3n) is 3.05. The van der Waals surface area contributed by atoms with E-state index in [1.165, 1.54) is 12.8 Å². The number of amides is 2. The fourth-order valence-electron chi connectivity index (χ4n) is 1.96. The van der Waals surface area contributed by atoms with Crippen LogP contribution < -0.4 is 16.4 Å². The van der Waals surface area contributed by atoms with Gasteiger partial charge in [-0.1, -0.05) is 12.8 Å². The molecule has 0 saturated heterocycles. The molecule has 2 fully saturated rings. The number of urea groups is 1. The summed E-state index contributed by atoms with van der Waals surface area (Å²) in [5.74, 6) is 0. The lowest BCUT2D eigenvalue weighted by Crippen LogP contribution is -2.52. The molecule has 4 nitrogen and oxygen atoms in total. The summed E-state index contributed by atoms with van der Waals surface area (Å²) < 4.78 is 0. The van der Waals surface area contributed by atoms with E-state index in [9.17, 15) is 4.79 Å². The van der Waals surface area contributed by atoms with Crippen molar-refractivity contribution in [3.8, 4) is 0 Å². The third kappa shape index (κ3) is 2.61. The van der Waals surface area contributed by atoms with Gasteiger partial charge in [0.1, 0.15) is 0 Å². The zero-order valence-electron chi connectivity index (χ0n) is 8.46. The molecule has 0 heterocycles. The van der Waals surface area contributed by atoms with Crippen LogP contribution in [0.1, 0.15) is 38.5 Å². The lowest BCUT2D eigenvalue weighted by molar-refractivity contribution is 0.228. The van der Waals surface area contributed by atoms with Crippen LogP contribution in [0.25, 0.3) is 0 Å². The third-order valence-corrected chi connectivity index (χ3v) is 3.05. The molecule has 80 valence electrons. The van der Waals surface area contributed by atoms with Crippen LogP contribution >= 0.6 is 0 Å². The van der Waals surface area contributed by atoms with Gasteiger partial charge < -0.3 is 16.4 Å². The average Bonchev–Trinajstić information content (AvgIpc) is 2.93. The number of carbonyl (C=O) groups is 1. The first kappa shape index (κ1) is 9.77. The molecule has 2 unspecified atom stereocenters. The molecule has 2 saturated carbocycles. The van der Waals surface area contributed by atoms with E-state index in [0.717, 1.165) is 25.7 Å². The van der Waals surface area contributed by atoms with Gasteiger partial charge >= 0.3 is 6.03 Å². The summed E-state index contributed by atoms with van der Waals surface area (Å²) in [5, 5.41) is 5.88. The maximum absolute atomic E-state index is 11.4. The van der Waals surface area contributed by atoms with E-state index in [2.05, 4.69) is 10.6 Å². The van der Waals surface area contributed by atoms with Gasteiger partial charge in [-0.3, -0.25) is 0 Å². The van der Waals surface area contributed by atoms with Crippen molar-refractivity contribution >= 4 is 6.03 Å². The van der Waals surface area contributed by atoms with E-state index < -0.39 is 0 Å². The Morgan fingerprint density at radius 2 is 1.79 bits per heavy atom. The lowest BCUT2D eigenvalue weighted by Gasteiger charge is -2.29. The van der Waals surface area contributed by atoms with Crippen molar-refractivity contribution in [2.45, 2.75) is 56.7 Å². The summed E-state index contributed by atoms with van der Waals surface area (Å²) in [7, 11) is 0. The number of nitrogens with one attached hydrogen (secondary N) is 2. The summed E-state index contributed by atoms with van der Waals surface area (Å²) in [6, 6.07) is 0.723. The Morgan fingerprint density at radius 1 is 1.07 bits per heavy atom. The van der Waals surface area contributed by atoms with E-state index in [0.29, 0.717) is 6.04 Å². The van der Waals surface area contributed by atoms with Crippen LogP contribution in [0, 0.1) is 0 Å². The maximum Gasteiger partial charge on any atom is 0.315 e. The number of carbonyl (C=O) groups excluding carboxylic acids is 1. The van der Waals surface area contributed by atoms with Gasteiger partial charge in [-0.25, -0.2) is 4.79 Å². The molecule has 0 radical (unpaired) electrons. The molecule has 14 heavy (non-hydrogen) atoms. The van der Waals surface area contributed by atoms with E-state index >= 15 is 0 Å². The van der Waals surface area contributed by atoms with E-state index in [4.69, 9.17) is 5.73 Å². The van der Waals surface area contributed by atoms with Crippen LogP contribution in [0.15, 0.2) is 0 Å². The Balaban J connectivity index is 1.73. The van der Waals surface area contributed by atoms with Gasteiger partial charge in [0, 0.05) is 18.1 Å². The molecule has 2 atom stereocenters. The van der Waals surface area contributed by atoms with Crippen LogP contribution in [-0.2, 0) is 0 Å². The fraction of sp³-hybridized carbons (Fsp3) is 0.900. The van der Waals surface area contributed by atoms with Crippen LogP contribution in [0.4, 0.5) is 4.79 Å². The second-order valence-corrected chi connectivity index (χ2v) is 4.45. The first-order valence-corrected chi connectivity index (χ1v) is 5.58. The van der Waals surface area contributed by atoms with Crippen molar-refractivity contribution in [1.29, 1.82) is 0 Å². The minimum absolute atomic E-state index is 0.0325. The van der Waals surface area contributed by atoms with E-state index in [1.54, 1.807) is 0 Å². The Kier molecular flexibility index (Phi) is 2.91. The molecule has 2 aliphatic rings. The summed E-state index contributed by atoms with van der Waals surface area (Å²) in [6.07, 6.45) is 6.70. The monoisotopic (exact) mass is 197 g/mol. The molecule has 4 N–H and O–H groups in total. The molecular weight excluding hydrogens is 178 g/mol. The first-order valence-electron chi connectivity index (χ1n) is 5.58. The molecule has 0 bridgehead atoms. The number of rotatable bonds is 2. The fourth-order valence-corrected chi connectivity index (χ4v) is 1.96. The largest absolute Gasteiger partial charge is 0.335 e. The highest BCUT2D eigenvalue weighted by molar-refractivity contribution is 5.75. The smallest absolute Gasteiger partial charge is 0.315 e. The highest BCUT2D eigenvalue weighted by atomic mass is 16.2. The summed E-state index contributed by atoms with van der Waals surface area (Å²) in [4.78, 5) is 11.4. The predicted octanol–water partition coefficient (Wildman–Crippen LogP) is 0.718. The maximum atomic E-state index is 11.4. The van der Waals surface area contributed by atoms with Gasteiger partial charge in [-0.15, -0.1) is 0 Å². The standard InChI is InChI=1S/C10H19N3O/c11-8-3-1-2-4-9(8)13-10(14)12-7-5-6-7/h7-9H,1-6,11H2,(H2,12,13,14). The van der Waals surface area contributed by atoms with Gasteiger partial charge in [0.05, 0.1) is 0 Å². The molecule has 2 rings (SSSR count). The Labute approximate surface area is 84.6 Å². The van der Waals surface area contributed by atoms with Gasteiger partial charge in [-0.2, -0.15) is 0 Å². The second-order valence-electron chi connectivity index (χ2n) is 4.45. The average molecular weight is 197 g/mol. The molecule has 0 aromatic carbocycles. The highest BCUT2D eigenvalue weighted by Crippen LogP contribution is 2.19. The quantitative estimate of drug-likeness (QED) is 0.610. The Hall–Kier alpha value is -0.770. The molecule has 0 aliphatic heterocycles. The van der Waals surface area contributed by atoms with Gasteiger partial charge in [0.25, 0.3) is 0 Å². The molecule has 0 aromatic heterocycles. The number of hydrogen-bond donors (Lipinski definition) is 3. The zero-order chi connectivity index (χ0) is 9.97. The van der Waals surface area contributed by atoms with Crippen molar-refractivity contribution in [1.82, 2.24) is 10.6 Å². The van der Waals surface area contributed by atoms with Crippen molar-refractivity contribution < 1.29 is 4.79 Å². The van der Waals surface area contributed by atoms with E-state index in [-0.39, 0.29) is 18.1 Å². The highest BCUT2D eigenvalue weighted by Gasteiger charge is 2.27. The summed E-state index contributed by atoms with van der Waals surface area (Å²) in [5.41, 5.74) is 5.93. The van der Waals surface area contributed by atoms with E-state index in [1.807, 2.05) is 0 Å². The van der Waals surface area contributed by atoms with Crippen molar-refractivity contribution in [2.24, 2.45) is 5.73 Å². The SMILES string of the molecule is NC1CCCCC1NC(=O)NC1CC1. The molecular formula is C10H19N3O. The minimum atomic E-state index is -0.0325. The van der Waals surface area contributed by atoms with Gasteiger partial charge in [0.15, 0.2) is 0 Å². The normalized spacial score (nSPS) is 32.4. The second kappa shape index (κ2) is 4.17. The van der Waals surface area contributed by atoms with Gasteiger partial charge in [0.2, 0.25) is 0 Å². The van der Waals surface area contributed by atoms with Crippen molar-refractivity contribution in [3.05, 3.63) is 0 Å². The predicted molar refractivity (Wildman–Crippen MR) is 54.9 cm³/mol. The summed E-state index contributed by atoms with van der Waals surface area (Å²) >= 11 is 0. The van der Waals surface area contributed by atoms with Crippen molar-refractivity contribution in [3.63, 3.8) is 0 Å². The minimum Gasteiger partial charge on any atom is -0.335 e. The Bertz CT molecular complexity index is 215. The van der Waals surface area contributed by atoms with Gasteiger partial charge in [-0.05, 0) is 25.7 Å². The van der Waals surface area contributed by atoms with Crippen LogP contribution in [0.2, 0.25) is 0 Å². The lowest BCUT2D eigenvalue weighted by atomic mass is 9.91. The molecule has 2 amide bonds. The van der Waals surface area contributed by atoms with Crippen LogP contribution in [-0.4, -0.2) is 24.2 Å². The topological polar surface area (TPSA) is 67.1 Å². The molecule has 0 spiro atoms. The number of hydrogen-bond acceptors (Lipinski definition) is 2. The first-order chi connectivity index (χ1) is 6.75. The Morgan fingerprint density at radius 3 is 2.43 bits per heavy atom. The summed E-state index contributed by atoms with van der Waals surface area (Å²) in [6.45, 7) is 0. The molecule has 4 heteroatoms.